The smallest absolute Gasteiger partial charge is 0.383 e. The van der Waals surface area contributed by atoms with E-state index in [9.17, 15) is 13.2 Å². The fourth-order valence-corrected chi connectivity index (χ4v) is 0.850. The average molecular weight is 206 g/mol. The number of halogens is 3. The minimum absolute atomic E-state index is 0.181. The van der Waals surface area contributed by atoms with Gasteiger partial charge in [0.15, 0.2) is 0 Å². The lowest BCUT2D eigenvalue weighted by Crippen LogP contribution is -2.17. The van der Waals surface area contributed by atoms with Gasteiger partial charge in [-0.05, 0) is 6.07 Å². The minimum Gasteiger partial charge on any atom is -0.383 e. The molecule has 0 spiro atoms. The van der Waals surface area contributed by atoms with Crippen LogP contribution in [0.5, 0.6) is 0 Å². The van der Waals surface area contributed by atoms with Crippen LogP contribution in [0.3, 0.4) is 0 Å². The SMILES string of the molecule is Nc1ncccc1COCC(F)(F)F. The van der Waals surface area contributed by atoms with E-state index >= 15 is 0 Å². The molecule has 0 aliphatic carbocycles. The highest BCUT2D eigenvalue weighted by Gasteiger charge is 2.27. The van der Waals surface area contributed by atoms with Crippen molar-refractivity contribution in [2.24, 2.45) is 0 Å². The van der Waals surface area contributed by atoms with Gasteiger partial charge in [0.25, 0.3) is 0 Å². The first-order valence-electron chi connectivity index (χ1n) is 3.83. The van der Waals surface area contributed by atoms with Gasteiger partial charge >= 0.3 is 6.18 Å². The maximum atomic E-state index is 11.7. The molecule has 2 N–H and O–H groups in total. The molecule has 6 heteroatoms. The number of ether oxygens (including phenoxy) is 1. The summed E-state index contributed by atoms with van der Waals surface area (Å²) in [7, 11) is 0. The Kier molecular flexibility index (Phi) is 3.29. The van der Waals surface area contributed by atoms with E-state index in [1.807, 2.05) is 0 Å². The van der Waals surface area contributed by atoms with Crippen LogP contribution in [0, 0.1) is 0 Å². The third-order valence-electron chi connectivity index (χ3n) is 1.45. The van der Waals surface area contributed by atoms with Gasteiger partial charge < -0.3 is 10.5 Å². The summed E-state index contributed by atoms with van der Waals surface area (Å²) in [5.74, 6) is 0.190. The summed E-state index contributed by atoms with van der Waals surface area (Å²) in [5, 5.41) is 0. The lowest BCUT2D eigenvalue weighted by atomic mass is 10.3. The molecule has 1 aromatic rings. The zero-order valence-electron chi connectivity index (χ0n) is 7.21. The third-order valence-corrected chi connectivity index (χ3v) is 1.45. The molecular weight excluding hydrogens is 197 g/mol. The van der Waals surface area contributed by atoms with Gasteiger partial charge in [-0.15, -0.1) is 0 Å². The Labute approximate surface area is 78.7 Å². The molecular formula is C8H9F3N2O. The second kappa shape index (κ2) is 4.28. The van der Waals surface area contributed by atoms with Gasteiger partial charge in [-0.25, -0.2) is 4.98 Å². The molecule has 78 valence electrons. The van der Waals surface area contributed by atoms with Crippen molar-refractivity contribution in [3.63, 3.8) is 0 Å². The fourth-order valence-electron chi connectivity index (χ4n) is 0.850. The standard InChI is InChI=1S/C8H9F3N2O/c9-8(10,11)5-14-4-6-2-1-3-13-7(6)12/h1-3H,4-5H2,(H2,12,13). The van der Waals surface area contributed by atoms with Crippen LogP contribution < -0.4 is 5.73 Å². The van der Waals surface area contributed by atoms with Crippen molar-refractivity contribution >= 4 is 5.82 Å². The second-order valence-electron chi connectivity index (χ2n) is 2.66. The quantitative estimate of drug-likeness (QED) is 0.819. The molecule has 3 nitrogen and oxygen atoms in total. The molecule has 0 saturated carbocycles. The number of aromatic nitrogens is 1. The lowest BCUT2D eigenvalue weighted by Gasteiger charge is -2.08. The van der Waals surface area contributed by atoms with E-state index < -0.39 is 12.8 Å². The average Bonchev–Trinajstić information content (AvgIpc) is 2.06. The Bertz CT molecular complexity index is 301. The molecule has 14 heavy (non-hydrogen) atoms. The van der Waals surface area contributed by atoms with E-state index in [1.54, 1.807) is 12.1 Å². The van der Waals surface area contributed by atoms with Gasteiger partial charge in [-0.3, -0.25) is 0 Å². The first-order chi connectivity index (χ1) is 6.49. The fraction of sp³-hybridized carbons (Fsp3) is 0.375. The lowest BCUT2D eigenvalue weighted by molar-refractivity contribution is -0.176. The van der Waals surface area contributed by atoms with E-state index in [-0.39, 0.29) is 12.4 Å². The van der Waals surface area contributed by atoms with Crippen molar-refractivity contribution in [2.75, 3.05) is 12.3 Å². The molecule has 0 atom stereocenters. The van der Waals surface area contributed by atoms with Crippen LogP contribution in [0.2, 0.25) is 0 Å². The summed E-state index contributed by atoms with van der Waals surface area (Å²) >= 11 is 0. The highest BCUT2D eigenvalue weighted by atomic mass is 19.4. The van der Waals surface area contributed by atoms with Crippen LogP contribution in [-0.2, 0) is 11.3 Å². The van der Waals surface area contributed by atoms with E-state index in [0.717, 1.165) is 0 Å². The first kappa shape index (κ1) is 10.8. The Hall–Kier alpha value is -1.30. The van der Waals surface area contributed by atoms with E-state index in [2.05, 4.69) is 9.72 Å². The summed E-state index contributed by atoms with van der Waals surface area (Å²) in [6, 6.07) is 3.15. The van der Waals surface area contributed by atoms with Crippen LogP contribution >= 0.6 is 0 Å². The van der Waals surface area contributed by atoms with Gasteiger partial charge in [0.05, 0.1) is 6.61 Å². The molecule has 0 unspecified atom stereocenters. The molecule has 0 radical (unpaired) electrons. The monoisotopic (exact) mass is 206 g/mol. The van der Waals surface area contributed by atoms with Crippen molar-refractivity contribution in [1.29, 1.82) is 0 Å². The number of nitrogens with zero attached hydrogens (tertiary/aromatic N) is 1. The van der Waals surface area contributed by atoms with Crippen LogP contribution in [0.25, 0.3) is 0 Å². The van der Waals surface area contributed by atoms with Gasteiger partial charge in [0.1, 0.15) is 12.4 Å². The van der Waals surface area contributed by atoms with Crippen molar-refractivity contribution in [3.05, 3.63) is 23.9 Å². The van der Waals surface area contributed by atoms with Crippen LogP contribution in [0.1, 0.15) is 5.56 Å². The molecule has 1 heterocycles. The van der Waals surface area contributed by atoms with Crippen LogP contribution in [0.15, 0.2) is 18.3 Å². The van der Waals surface area contributed by atoms with Gasteiger partial charge in [-0.2, -0.15) is 13.2 Å². The summed E-state index contributed by atoms with van der Waals surface area (Å²) in [5.41, 5.74) is 5.85. The molecule has 1 rings (SSSR count). The largest absolute Gasteiger partial charge is 0.411 e. The number of hydrogen-bond acceptors (Lipinski definition) is 3. The van der Waals surface area contributed by atoms with E-state index in [0.29, 0.717) is 5.56 Å². The van der Waals surface area contributed by atoms with Crippen LogP contribution in [0.4, 0.5) is 19.0 Å². The Morgan fingerprint density at radius 1 is 1.43 bits per heavy atom. The molecule has 0 saturated heterocycles. The predicted molar refractivity (Wildman–Crippen MR) is 44.4 cm³/mol. The van der Waals surface area contributed by atoms with Crippen molar-refractivity contribution in [2.45, 2.75) is 12.8 Å². The first-order valence-corrected chi connectivity index (χ1v) is 3.83. The third kappa shape index (κ3) is 3.61. The van der Waals surface area contributed by atoms with E-state index in [4.69, 9.17) is 5.73 Å². The summed E-state index contributed by atoms with van der Waals surface area (Å²) in [6.45, 7) is -1.46. The number of nitrogens with two attached hydrogens (primary N) is 1. The number of alkyl halides is 3. The highest BCUT2D eigenvalue weighted by Crippen LogP contribution is 2.16. The molecule has 0 aliphatic rings. The molecule has 1 aromatic heterocycles. The molecule has 0 aromatic carbocycles. The Morgan fingerprint density at radius 3 is 2.71 bits per heavy atom. The molecule has 0 aliphatic heterocycles. The number of anilines is 1. The van der Waals surface area contributed by atoms with Crippen LogP contribution in [-0.4, -0.2) is 17.8 Å². The van der Waals surface area contributed by atoms with Gasteiger partial charge in [-0.1, -0.05) is 6.07 Å². The zero-order chi connectivity index (χ0) is 10.6. The molecule has 0 amide bonds. The van der Waals surface area contributed by atoms with E-state index in [1.165, 1.54) is 6.20 Å². The second-order valence-corrected chi connectivity index (χ2v) is 2.66. The maximum Gasteiger partial charge on any atom is 0.411 e. The Balaban J connectivity index is 2.43. The number of hydrogen-bond donors (Lipinski definition) is 1. The van der Waals surface area contributed by atoms with Crippen molar-refractivity contribution in [3.8, 4) is 0 Å². The summed E-state index contributed by atoms with van der Waals surface area (Å²) in [6.07, 6.45) is -2.85. The number of rotatable bonds is 3. The summed E-state index contributed by atoms with van der Waals surface area (Å²) in [4.78, 5) is 3.71. The number of pyridine rings is 1. The highest BCUT2D eigenvalue weighted by molar-refractivity contribution is 5.37. The number of nitrogen functional groups attached to an aromatic ring is 1. The zero-order valence-corrected chi connectivity index (χ0v) is 7.21. The topological polar surface area (TPSA) is 48.1 Å². The summed E-state index contributed by atoms with van der Waals surface area (Å²) < 4.78 is 39.5. The minimum atomic E-state index is -4.31. The Morgan fingerprint density at radius 2 is 2.14 bits per heavy atom. The van der Waals surface area contributed by atoms with Gasteiger partial charge in [0.2, 0.25) is 0 Å². The maximum absolute atomic E-state index is 11.7. The normalized spacial score (nSPS) is 11.6. The predicted octanol–water partition coefficient (Wildman–Crippen LogP) is 1.74. The van der Waals surface area contributed by atoms with Gasteiger partial charge in [0, 0.05) is 11.8 Å². The van der Waals surface area contributed by atoms with Crippen molar-refractivity contribution < 1.29 is 17.9 Å². The molecule has 0 bridgehead atoms. The van der Waals surface area contributed by atoms with Crippen molar-refractivity contribution in [1.82, 2.24) is 4.98 Å². The molecule has 0 fully saturated rings.